The normalized spacial score (nSPS) is 11.9. The standard InChI is InChI=1S/C11H12BrNO3/c1-7(11(16)13-6-10(14)15)8-2-4-9(12)5-3-8/h2-5,7H,6H2,1H3,(H,13,16)(H,14,15). The fourth-order valence-corrected chi connectivity index (χ4v) is 1.48. The summed E-state index contributed by atoms with van der Waals surface area (Å²) in [5.41, 5.74) is 0.853. The number of amides is 1. The molecule has 0 aliphatic rings. The van der Waals surface area contributed by atoms with E-state index in [-0.39, 0.29) is 18.4 Å². The molecule has 16 heavy (non-hydrogen) atoms. The lowest BCUT2D eigenvalue weighted by Crippen LogP contribution is -2.32. The molecular weight excluding hydrogens is 274 g/mol. The van der Waals surface area contributed by atoms with Crippen LogP contribution < -0.4 is 5.32 Å². The average Bonchev–Trinajstić information content (AvgIpc) is 2.26. The molecule has 1 amide bonds. The van der Waals surface area contributed by atoms with Gasteiger partial charge >= 0.3 is 5.97 Å². The molecule has 4 nitrogen and oxygen atoms in total. The van der Waals surface area contributed by atoms with Crippen molar-refractivity contribution in [3.63, 3.8) is 0 Å². The smallest absolute Gasteiger partial charge is 0.322 e. The maximum Gasteiger partial charge on any atom is 0.322 e. The van der Waals surface area contributed by atoms with Gasteiger partial charge in [-0.2, -0.15) is 0 Å². The summed E-state index contributed by atoms with van der Waals surface area (Å²) in [6.45, 7) is 1.39. The van der Waals surface area contributed by atoms with E-state index in [1.807, 2.05) is 24.3 Å². The predicted octanol–water partition coefficient (Wildman–Crippen LogP) is 1.75. The van der Waals surface area contributed by atoms with E-state index in [0.29, 0.717) is 0 Å². The summed E-state index contributed by atoms with van der Waals surface area (Å²) >= 11 is 3.30. The van der Waals surface area contributed by atoms with E-state index in [1.54, 1.807) is 6.92 Å². The third-order valence-electron chi connectivity index (χ3n) is 2.18. The maximum atomic E-state index is 11.5. The molecule has 1 atom stereocenters. The van der Waals surface area contributed by atoms with Gasteiger partial charge in [0.25, 0.3) is 0 Å². The zero-order valence-electron chi connectivity index (χ0n) is 8.74. The Balaban J connectivity index is 2.63. The second-order valence-electron chi connectivity index (χ2n) is 3.38. The highest BCUT2D eigenvalue weighted by atomic mass is 79.9. The predicted molar refractivity (Wildman–Crippen MR) is 63.2 cm³/mol. The van der Waals surface area contributed by atoms with Gasteiger partial charge in [0.05, 0.1) is 5.92 Å². The van der Waals surface area contributed by atoms with Crippen LogP contribution in [-0.2, 0) is 9.59 Å². The van der Waals surface area contributed by atoms with Gasteiger partial charge < -0.3 is 10.4 Å². The van der Waals surface area contributed by atoms with Crippen LogP contribution in [0.3, 0.4) is 0 Å². The van der Waals surface area contributed by atoms with Crippen LogP contribution in [0, 0.1) is 0 Å². The van der Waals surface area contributed by atoms with Crippen LogP contribution in [0.5, 0.6) is 0 Å². The number of benzene rings is 1. The number of carboxylic acids is 1. The first kappa shape index (κ1) is 12.7. The van der Waals surface area contributed by atoms with Gasteiger partial charge in [0.15, 0.2) is 0 Å². The highest BCUT2D eigenvalue weighted by Gasteiger charge is 2.15. The van der Waals surface area contributed by atoms with E-state index in [9.17, 15) is 9.59 Å². The lowest BCUT2D eigenvalue weighted by atomic mass is 10.0. The largest absolute Gasteiger partial charge is 0.480 e. The van der Waals surface area contributed by atoms with Gasteiger partial charge in [-0.3, -0.25) is 9.59 Å². The molecule has 0 saturated carbocycles. The van der Waals surface area contributed by atoms with Crippen molar-refractivity contribution in [2.24, 2.45) is 0 Å². The van der Waals surface area contributed by atoms with Crippen LogP contribution in [0.25, 0.3) is 0 Å². The van der Waals surface area contributed by atoms with Crippen molar-refractivity contribution >= 4 is 27.8 Å². The van der Waals surface area contributed by atoms with Gasteiger partial charge in [0.2, 0.25) is 5.91 Å². The Hall–Kier alpha value is -1.36. The number of rotatable bonds is 4. The summed E-state index contributed by atoms with van der Waals surface area (Å²) in [7, 11) is 0. The van der Waals surface area contributed by atoms with Crippen molar-refractivity contribution in [3.8, 4) is 0 Å². The van der Waals surface area contributed by atoms with Crippen LogP contribution >= 0.6 is 15.9 Å². The number of carbonyl (C=O) groups excluding carboxylic acids is 1. The van der Waals surface area contributed by atoms with Crippen LogP contribution in [0.4, 0.5) is 0 Å². The van der Waals surface area contributed by atoms with Crippen molar-refractivity contribution < 1.29 is 14.7 Å². The molecule has 1 aromatic carbocycles. The Morgan fingerprint density at radius 3 is 2.44 bits per heavy atom. The molecule has 0 spiro atoms. The minimum atomic E-state index is -1.05. The van der Waals surface area contributed by atoms with Gasteiger partial charge in [-0.05, 0) is 24.6 Å². The Morgan fingerprint density at radius 2 is 1.94 bits per heavy atom. The maximum absolute atomic E-state index is 11.5. The van der Waals surface area contributed by atoms with E-state index in [2.05, 4.69) is 21.2 Å². The molecule has 0 radical (unpaired) electrons. The van der Waals surface area contributed by atoms with Crippen LogP contribution in [-0.4, -0.2) is 23.5 Å². The summed E-state index contributed by atoms with van der Waals surface area (Å²) in [6.07, 6.45) is 0. The Kier molecular flexibility index (Phi) is 4.49. The molecule has 0 aliphatic heterocycles. The molecule has 1 unspecified atom stereocenters. The lowest BCUT2D eigenvalue weighted by molar-refractivity contribution is -0.138. The topological polar surface area (TPSA) is 66.4 Å². The number of hydrogen-bond donors (Lipinski definition) is 2. The summed E-state index contributed by atoms with van der Waals surface area (Å²) in [5, 5.41) is 10.8. The first-order valence-corrected chi connectivity index (χ1v) is 5.55. The quantitative estimate of drug-likeness (QED) is 0.886. The van der Waals surface area contributed by atoms with E-state index >= 15 is 0 Å². The SMILES string of the molecule is CC(C(=O)NCC(=O)O)c1ccc(Br)cc1. The van der Waals surface area contributed by atoms with Crippen LogP contribution in [0.1, 0.15) is 18.4 Å². The fourth-order valence-electron chi connectivity index (χ4n) is 1.22. The third-order valence-corrected chi connectivity index (χ3v) is 2.71. The van der Waals surface area contributed by atoms with Crippen molar-refractivity contribution in [2.45, 2.75) is 12.8 Å². The number of hydrogen-bond acceptors (Lipinski definition) is 2. The fraction of sp³-hybridized carbons (Fsp3) is 0.273. The molecule has 0 aromatic heterocycles. The van der Waals surface area contributed by atoms with Gasteiger partial charge in [0.1, 0.15) is 6.54 Å². The number of carbonyl (C=O) groups is 2. The molecule has 0 bridgehead atoms. The molecule has 5 heteroatoms. The average molecular weight is 286 g/mol. The molecule has 0 fully saturated rings. The number of nitrogens with one attached hydrogen (secondary N) is 1. The van der Waals surface area contributed by atoms with Crippen molar-refractivity contribution in [2.75, 3.05) is 6.54 Å². The molecule has 0 aliphatic carbocycles. The van der Waals surface area contributed by atoms with Crippen molar-refractivity contribution in [1.82, 2.24) is 5.32 Å². The molecule has 0 heterocycles. The lowest BCUT2D eigenvalue weighted by Gasteiger charge is -2.11. The zero-order valence-corrected chi connectivity index (χ0v) is 10.3. The molecule has 2 N–H and O–H groups in total. The molecule has 1 aromatic rings. The first-order valence-electron chi connectivity index (χ1n) is 4.75. The second kappa shape index (κ2) is 5.65. The highest BCUT2D eigenvalue weighted by Crippen LogP contribution is 2.18. The van der Waals surface area contributed by atoms with Crippen molar-refractivity contribution in [3.05, 3.63) is 34.3 Å². The Morgan fingerprint density at radius 1 is 1.38 bits per heavy atom. The Bertz CT molecular complexity index is 389. The second-order valence-corrected chi connectivity index (χ2v) is 4.30. The van der Waals surface area contributed by atoms with Crippen LogP contribution in [0.2, 0.25) is 0 Å². The number of carboxylic acid groups (broad SMARTS) is 1. The monoisotopic (exact) mass is 285 g/mol. The summed E-state index contributed by atoms with van der Waals surface area (Å²) in [6, 6.07) is 7.34. The third kappa shape index (κ3) is 3.66. The molecule has 1 rings (SSSR count). The number of aliphatic carboxylic acids is 1. The molecular formula is C11H12BrNO3. The van der Waals surface area contributed by atoms with Gasteiger partial charge in [0, 0.05) is 4.47 Å². The van der Waals surface area contributed by atoms with Gasteiger partial charge in [-0.25, -0.2) is 0 Å². The van der Waals surface area contributed by atoms with E-state index in [0.717, 1.165) is 10.0 Å². The number of halogens is 1. The molecule has 86 valence electrons. The van der Waals surface area contributed by atoms with Gasteiger partial charge in [-0.15, -0.1) is 0 Å². The Labute approximate surface area is 102 Å². The van der Waals surface area contributed by atoms with E-state index < -0.39 is 5.97 Å². The van der Waals surface area contributed by atoms with E-state index in [1.165, 1.54) is 0 Å². The van der Waals surface area contributed by atoms with Crippen molar-refractivity contribution in [1.29, 1.82) is 0 Å². The summed E-state index contributed by atoms with van der Waals surface area (Å²) in [5.74, 6) is -1.69. The summed E-state index contributed by atoms with van der Waals surface area (Å²) in [4.78, 5) is 21.8. The van der Waals surface area contributed by atoms with E-state index in [4.69, 9.17) is 5.11 Å². The van der Waals surface area contributed by atoms with Crippen LogP contribution in [0.15, 0.2) is 28.7 Å². The minimum Gasteiger partial charge on any atom is -0.480 e. The molecule has 0 saturated heterocycles. The highest BCUT2D eigenvalue weighted by molar-refractivity contribution is 9.10. The minimum absolute atomic E-state index is 0.287. The first-order chi connectivity index (χ1) is 7.50. The zero-order chi connectivity index (χ0) is 12.1. The van der Waals surface area contributed by atoms with Gasteiger partial charge in [-0.1, -0.05) is 28.1 Å². The summed E-state index contributed by atoms with van der Waals surface area (Å²) < 4.78 is 0.939.